The number of oxime groups is 1. The molecule has 1 aromatic rings. The van der Waals surface area contributed by atoms with E-state index in [9.17, 15) is 4.79 Å². The molecule has 0 amide bonds. The van der Waals surface area contributed by atoms with E-state index in [-0.39, 0.29) is 12.2 Å². The normalized spacial score (nSPS) is 17.9. The summed E-state index contributed by atoms with van der Waals surface area (Å²) in [5.41, 5.74) is 1.75. The minimum absolute atomic E-state index is 0.0821. The molecule has 1 aliphatic heterocycles. The average Bonchev–Trinajstić information content (AvgIpc) is 2.99. The Balaban J connectivity index is 1.72. The summed E-state index contributed by atoms with van der Waals surface area (Å²) in [7, 11) is 1.56. The molecule has 0 N–H and O–H groups in total. The number of carbonyl (C=O) groups is 1. The van der Waals surface area contributed by atoms with Crippen LogP contribution in [0, 0.1) is 0 Å². The molecule has 1 saturated carbocycles. The molecular formula is C17H21NO5. The van der Waals surface area contributed by atoms with E-state index < -0.39 is 5.97 Å². The van der Waals surface area contributed by atoms with Crippen LogP contribution >= 0.6 is 0 Å². The van der Waals surface area contributed by atoms with Gasteiger partial charge in [0, 0.05) is 12.0 Å². The highest BCUT2D eigenvalue weighted by Crippen LogP contribution is 2.43. The molecule has 1 heterocycles. The summed E-state index contributed by atoms with van der Waals surface area (Å²) in [5, 5.41) is 4.23. The van der Waals surface area contributed by atoms with Crippen molar-refractivity contribution in [3.8, 4) is 11.5 Å². The fourth-order valence-corrected chi connectivity index (χ4v) is 2.82. The van der Waals surface area contributed by atoms with Crippen molar-refractivity contribution in [2.45, 2.75) is 38.2 Å². The van der Waals surface area contributed by atoms with Gasteiger partial charge < -0.3 is 19.0 Å². The van der Waals surface area contributed by atoms with Crippen LogP contribution in [-0.2, 0) is 14.4 Å². The van der Waals surface area contributed by atoms with Gasteiger partial charge in [-0.2, -0.15) is 0 Å². The van der Waals surface area contributed by atoms with Crippen molar-refractivity contribution in [3.05, 3.63) is 23.8 Å². The van der Waals surface area contributed by atoms with Crippen LogP contribution in [0.2, 0.25) is 0 Å². The summed E-state index contributed by atoms with van der Waals surface area (Å²) in [4.78, 5) is 17.1. The zero-order valence-electron chi connectivity index (χ0n) is 13.5. The number of esters is 1. The number of hydrogen-bond acceptors (Lipinski definition) is 6. The highest BCUT2D eigenvalue weighted by Gasteiger charge is 2.44. The van der Waals surface area contributed by atoms with E-state index in [0.717, 1.165) is 30.5 Å². The number of nitrogens with zero attached hydrogens (tertiary/aromatic N) is 1. The molecule has 1 aromatic carbocycles. The average molecular weight is 319 g/mol. The lowest BCUT2D eigenvalue weighted by Crippen LogP contribution is -2.36. The number of ether oxygens (including phenoxy) is 3. The maximum atomic E-state index is 11.5. The van der Waals surface area contributed by atoms with Crippen LogP contribution in [0.4, 0.5) is 0 Å². The summed E-state index contributed by atoms with van der Waals surface area (Å²) >= 11 is 0. The molecule has 0 atom stereocenters. The van der Waals surface area contributed by atoms with Crippen molar-refractivity contribution in [2.24, 2.45) is 5.16 Å². The first kappa shape index (κ1) is 15.6. The Bertz CT molecular complexity index is 621. The van der Waals surface area contributed by atoms with Gasteiger partial charge in [-0.15, -0.1) is 0 Å². The number of rotatable bonds is 6. The third-order valence-corrected chi connectivity index (χ3v) is 4.25. The Morgan fingerprint density at radius 2 is 2.17 bits per heavy atom. The second kappa shape index (κ2) is 6.48. The van der Waals surface area contributed by atoms with Crippen molar-refractivity contribution in [3.63, 3.8) is 0 Å². The maximum Gasteiger partial charge on any atom is 0.344 e. The Morgan fingerprint density at radius 3 is 2.78 bits per heavy atom. The maximum absolute atomic E-state index is 11.5. The van der Waals surface area contributed by atoms with Gasteiger partial charge in [0.15, 0.2) is 18.1 Å². The van der Waals surface area contributed by atoms with Crippen LogP contribution in [0.5, 0.6) is 11.5 Å². The zero-order chi connectivity index (χ0) is 16.3. The summed E-state index contributed by atoms with van der Waals surface area (Å²) in [6.07, 6.45) is 4.13. The Kier molecular flexibility index (Phi) is 4.41. The SMILES string of the molecule is CCOC(=O)COc1cc(C2=NOC3(CCC3)C2)ccc1OC. The van der Waals surface area contributed by atoms with Gasteiger partial charge in [0.2, 0.25) is 0 Å². The molecule has 124 valence electrons. The first-order valence-corrected chi connectivity index (χ1v) is 7.88. The van der Waals surface area contributed by atoms with Crippen LogP contribution in [0.1, 0.15) is 38.2 Å². The molecule has 1 spiro atoms. The zero-order valence-corrected chi connectivity index (χ0v) is 13.5. The van der Waals surface area contributed by atoms with Gasteiger partial charge in [-0.1, -0.05) is 5.16 Å². The fraction of sp³-hybridized carbons (Fsp3) is 0.529. The van der Waals surface area contributed by atoms with E-state index in [4.69, 9.17) is 19.0 Å². The van der Waals surface area contributed by atoms with E-state index in [0.29, 0.717) is 18.1 Å². The predicted molar refractivity (Wildman–Crippen MR) is 83.9 cm³/mol. The molecule has 3 rings (SSSR count). The Hall–Kier alpha value is -2.24. The third-order valence-electron chi connectivity index (χ3n) is 4.25. The van der Waals surface area contributed by atoms with E-state index in [2.05, 4.69) is 5.16 Å². The first-order chi connectivity index (χ1) is 11.2. The van der Waals surface area contributed by atoms with E-state index in [1.54, 1.807) is 14.0 Å². The lowest BCUT2D eigenvalue weighted by atomic mass is 9.76. The molecule has 0 radical (unpaired) electrons. The van der Waals surface area contributed by atoms with Crippen molar-refractivity contribution < 1.29 is 23.8 Å². The van der Waals surface area contributed by atoms with E-state index >= 15 is 0 Å². The Labute approximate surface area is 135 Å². The van der Waals surface area contributed by atoms with Crippen LogP contribution in [-0.4, -0.2) is 37.6 Å². The van der Waals surface area contributed by atoms with Crippen molar-refractivity contribution in [2.75, 3.05) is 20.3 Å². The second-order valence-electron chi connectivity index (χ2n) is 5.80. The summed E-state index contributed by atoms with van der Waals surface area (Å²) in [5.74, 6) is 0.654. The lowest BCUT2D eigenvalue weighted by molar-refractivity contribution is -0.145. The van der Waals surface area contributed by atoms with Crippen LogP contribution < -0.4 is 9.47 Å². The topological polar surface area (TPSA) is 66.4 Å². The largest absolute Gasteiger partial charge is 0.493 e. The molecule has 6 nitrogen and oxygen atoms in total. The minimum Gasteiger partial charge on any atom is -0.493 e. The molecule has 23 heavy (non-hydrogen) atoms. The number of carbonyl (C=O) groups excluding carboxylic acids is 1. The molecule has 0 bridgehead atoms. The van der Waals surface area contributed by atoms with Gasteiger partial charge in [-0.25, -0.2) is 4.79 Å². The molecule has 0 saturated heterocycles. The molecule has 2 aliphatic rings. The van der Waals surface area contributed by atoms with Gasteiger partial charge >= 0.3 is 5.97 Å². The summed E-state index contributed by atoms with van der Waals surface area (Å²) < 4.78 is 15.7. The molecule has 6 heteroatoms. The number of methoxy groups -OCH3 is 1. The summed E-state index contributed by atoms with van der Waals surface area (Å²) in [6.45, 7) is 1.93. The van der Waals surface area contributed by atoms with E-state index in [1.807, 2.05) is 18.2 Å². The van der Waals surface area contributed by atoms with Gasteiger partial charge in [0.1, 0.15) is 5.60 Å². The standard InChI is InChI=1S/C17H21NO5/c1-3-21-16(19)11-22-15-9-12(5-6-14(15)20-2)13-10-17(23-18-13)7-4-8-17/h5-6,9H,3-4,7-8,10-11H2,1-2H3. The minimum atomic E-state index is -0.407. The smallest absolute Gasteiger partial charge is 0.344 e. The quantitative estimate of drug-likeness (QED) is 0.754. The van der Waals surface area contributed by atoms with Crippen molar-refractivity contribution in [1.82, 2.24) is 0 Å². The van der Waals surface area contributed by atoms with Gasteiger partial charge in [-0.3, -0.25) is 0 Å². The fourth-order valence-electron chi connectivity index (χ4n) is 2.82. The lowest BCUT2D eigenvalue weighted by Gasteiger charge is -2.34. The number of benzene rings is 1. The van der Waals surface area contributed by atoms with Crippen LogP contribution in [0.15, 0.2) is 23.4 Å². The van der Waals surface area contributed by atoms with Crippen molar-refractivity contribution >= 4 is 11.7 Å². The van der Waals surface area contributed by atoms with Gasteiger partial charge in [-0.05, 0) is 44.4 Å². The predicted octanol–water partition coefficient (Wildman–Crippen LogP) is 2.68. The van der Waals surface area contributed by atoms with Gasteiger partial charge in [0.25, 0.3) is 0 Å². The monoisotopic (exact) mass is 319 g/mol. The summed E-state index contributed by atoms with van der Waals surface area (Å²) in [6, 6.07) is 5.57. The highest BCUT2D eigenvalue weighted by atomic mass is 16.7. The van der Waals surface area contributed by atoms with Crippen molar-refractivity contribution in [1.29, 1.82) is 0 Å². The second-order valence-corrected chi connectivity index (χ2v) is 5.80. The number of hydrogen-bond donors (Lipinski definition) is 0. The molecule has 1 aliphatic carbocycles. The highest BCUT2D eigenvalue weighted by molar-refractivity contribution is 6.02. The van der Waals surface area contributed by atoms with E-state index in [1.165, 1.54) is 6.42 Å². The van der Waals surface area contributed by atoms with Crippen LogP contribution in [0.25, 0.3) is 0 Å². The molecule has 0 unspecified atom stereocenters. The third kappa shape index (κ3) is 3.25. The molecular weight excluding hydrogens is 298 g/mol. The first-order valence-electron chi connectivity index (χ1n) is 7.88. The van der Waals surface area contributed by atoms with Gasteiger partial charge in [0.05, 0.1) is 19.4 Å². The molecule has 0 aromatic heterocycles. The molecule has 1 fully saturated rings. The van der Waals surface area contributed by atoms with Crippen LogP contribution in [0.3, 0.4) is 0 Å². The Morgan fingerprint density at radius 1 is 1.35 bits per heavy atom.